The minimum absolute atomic E-state index is 0.0647. The molecule has 2 aromatic carbocycles. The van der Waals surface area contributed by atoms with Crippen molar-refractivity contribution in [3.05, 3.63) is 111 Å². The lowest BCUT2D eigenvalue weighted by atomic mass is 9.80. The molecule has 0 aliphatic carbocycles. The van der Waals surface area contributed by atoms with E-state index in [0.29, 0.717) is 22.5 Å². The van der Waals surface area contributed by atoms with Crippen LogP contribution in [0.4, 0.5) is 5.69 Å². The lowest BCUT2D eigenvalue weighted by molar-refractivity contribution is -0.384. The summed E-state index contributed by atoms with van der Waals surface area (Å²) in [5.41, 5.74) is 1.68. The van der Waals surface area contributed by atoms with E-state index < -0.39 is 28.9 Å². The van der Waals surface area contributed by atoms with Crippen LogP contribution in [0.25, 0.3) is 0 Å². The van der Waals surface area contributed by atoms with Crippen LogP contribution in [0.2, 0.25) is 0 Å². The van der Waals surface area contributed by atoms with Crippen molar-refractivity contribution in [3.63, 3.8) is 0 Å². The summed E-state index contributed by atoms with van der Waals surface area (Å²) in [5, 5.41) is 25.0. The van der Waals surface area contributed by atoms with Crippen LogP contribution in [-0.4, -0.2) is 35.7 Å². The highest BCUT2D eigenvalue weighted by molar-refractivity contribution is 6.00. The van der Waals surface area contributed by atoms with Gasteiger partial charge in [0.15, 0.2) is 0 Å². The Kier molecular flexibility index (Phi) is 8.17. The molecule has 182 valence electrons. The van der Waals surface area contributed by atoms with Crippen molar-refractivity contribution in [3.8, 4) is 0 Å². The highest BCUT2D eigenvalue weighted by atomic mass is 16.6. The normalized spacial score (nSPS) is 16.6. The first-order valence-corrected chi connectivity index (χ1v) is 10.9. The number of ether oxygens (including phenoxy) is 2. The highest BCUT2D eigenvalue weighted by Gasteiger charge is 2.38. The molecule has 0 saturated heterocycles. The van der Waals surface area contributed by atoms with E-state index in [1.165, 1.54) is 37.5 Å². The third-order valence-corrected chi connectivity index (χ3v) is 5.49. The molecular formula is C26H26N2O7. The van der Waals surface area contributed by atoms with E-state index in [2.05, 4.69) is 5.32 Å². The first-order valence-electron chi connectivity index (χ1n) is 10.9. The maximum Gasteiger partial charge on any atom is 0.337 e. The fourth-order valence-electron chi connectivity index (χ4n) is 3.90. The number of nitro groups is 1. The maximum atomic E-state index is 13.2. The Morgan fingerprint density at radius 3 is 2.49 bits per heavy atom. The molecule has 1 heterocycles. The summed E-state index contributed by atoms with van der Waals surface area (Å²) in [5.74, 6) is -2.41. The SMILES string of the molecule is CCOC(=O)C1=C(/C=C/C(O)c2ccccc2)NC(C)=C(C(=O)OC)C1c1cccc([N+](=O)[O-])c1. The lowest BCUT2D eigenvalue weighted by Gasteiger charge is -2.30. The maximum absolute atomic E-state index is 13.2. The number of nitro benzene ring substituents is 1. The summed E-state index contributed by atoms with van der Waals surface area (Å²) >= 11 is 0. The number of esters is 2. The first kappa shape index (κ1) is 25.4. The molecule has 2 aromatic rings. The van der Waals surface area contributed by atoms with Crippen molar-refractivity contribution in [2.75, 3.05) is 13.7 Å². The van der Waals surface area contributed by atoms with E-state index >= 15 is 0 Å². The Balaban J connectivity index is 2.20. The number of aliphatic hydroxyl groups excluding tert-OH is 1. The van der Waals surface area contributed by atoms with Gasteiger partial charge in [-0.25, -0.2) is 9.59 Å². The number of methoxy groups -OCH3 is 1. The molecule has 0 fully saturated rings. The number of dihydropyridines is 1. The largest absolute Gasteiger partial charge is 0.466 e. The molecule has 9 nitrogen and oxygen atoms in total. The van der Waals surface area contributed by atoms with Gasteiger partial charge in [-0.3, -0.25) is 10.1 Å². The zero-order valence-corrected chi connectivity index (χ0v) is 19.6. The predicted octanol–water partition coefficient (Wildman–Crippen LogP) is 3.84. The van der Waals surface area contributed by atoms with Gasteiger partial charge in [0, 0.05) is 23.5 Å². The second-order valence-corrected chi connectivity index (χ2v) is 7.70. The van der Waals surface area contributed by atoms with Crippen molar-refractivity contribution >= 4 is 17.6 Å². The molecule has 1 aliphatic rings. The second kappa shape index (κ2) is 11.3. The van der Waals surface area contributed by atoms with Gasteiger partial charge in [-0.1, -0.05) is 42.5 Å². The minimum Gasteiger partial charge on any atom is -0.466 e. The van der Waals surface area contributed by atoms with E-state index in [9.17, 15) is 24.8 Å². The Bertz CT molecular complexity index is 1220. The fourth-order valence-corrected chi connectivity index (χ4v) is 3.90. The predicted molar refractivity (Wildman–Crippen MR) is 128 cm³/mol. The molecule has 2 N–H and O–H groups in total. The number of non-ortho nitro benzene ring substituents is 1. The number of rotatable bonds is 8. The zero-order chi connectivity index (χ0) is 25.5. The summed E-state index contributed by atoms with van der Waals surface area (Å²) in [6, 6.07) is 14.7. The van der Waals surface area contributed by atoms with Crippen LogP contribution in [-0.2, 0) is 19.1 Å². The minimum atomic E-state index is -1.00. The van der Waals surface area contributed by atoms with Gasteiger partial charge in [0.25, 0.3) is 5.69 Å². The molecular weight excluding hydrogens is 452 g/mol. The van der Waals surface area contributed by atoms with Gasteiger partial charge in [-0.15, -0.1) is 0 Å². The summed E-state index contributed by atoms with van der Waals surface area (Å²) in [6.07, 6.45) is 2.07. The summed E-state index contributed by atoms with van der Waals surface area (Å²) in [6.45, 7) is 3.36. The van der Waals surface area contributed by atoms with Gasteiger partial charge in [-0.2, -0.15) is 0 Å². The van der Waals surface area contributed by atoms with Crippen LogP contribution in [0.5, 0.6) is 0 Å². The third kappa shape index (κ3) is 5.64. The van der Waals surface area contributed by atoms with E-state index in [-0.39, 0.29) is 23.4 Å². The molecule has 0 radical (unpaired) electrons. The summed E-state index contributed by atoms with van der Waals surface area (Å²) < 4.78 is 10.3. The number of nitrogens with zero attached hydrogens (tertiary/aromatic N) is 1. The molecule has 9 heteroatoms. The number of nitrogens with one attached hydrogen (secondary N) is 1. The monoisotopic (exact) mass is 478 g/mol. The van der Waals surface area contributed by atoms with Crippen molar-refractivity contribution in [2.45, 2.75) is 25.9 Å². The molecule has 0 bridgehead atoms. The molecule has 2 unspecified atom stereocenters. The third-order valence-electron chi connectivity index (χ3n) is 5.49. The smallest absolute Gasteiger partial charge is 0.337 e. The Morgan fingerprint density at radius 2 is 1.86 bits per heavy atom. The topological polar surface area (TPSA) is 128 Å². The standard InChI is InChI=1S/C26H26N2O7/c1-4-35-26(31)24-20(13-14-21(29)17-9-6-5-7-10-17)27-16(2)22(25(30)34-3)23(24)18-11-8-12-19(15-18)28(32)33/h5-15,21,23,27,29H,4H2,1-3H3/b14-13+. The van der Waals surface area contributed by atoms with Gasteiger partial charge in [0.1, 0.15) is 0 Å². The number of hydrogen-bond acceptors (Lipinski definition) is 8. The second-order valence-electron chi connectivity index (χ2n) is 7.70. The van der Waals surface area contributed by atoms with Crippen molar-refractivity contribution in [1.29, 1.82) is 0 Å². The summed E-state index contributed by atoms with van der Waals surface area (Å²) in [7, 11) is 1.21. The number of hydrogen-bond donors (Lipinski definition) is 2. The van der Waals surface area contributed by atoms with Crippen LogP contribution in [0.15, 0.2) is 89.3 Å². The van der Waals surface area contributed by atoms with E-state index in [0.717, 1.165) is 0 Å². The van der Waals surface area contributed by atoms with Gasteiger partial charge in [0.05, 0.1) is 41.8 Å². The van der Waals surface area contributed by atoms with Crippen molar-refractivity contribution < 1.29 is 29.1 Å². The van der Waals surface area contributed by atoms with Crippen LogP contribution < -0.4 is 5.32 Å². The fraction of sp³-hybridized carbons (Fsp3) is 0.231. The van der Waals surface area contributed by atoms with Crippen molar-refractivity contribution in [1.82, 2.24) is 5.32 Å². The van der Waals surface area contributed by atoms with E-state index in [1.807, 2.05) is 6.07 Å². The average Bonchev–Trinajstić information content (AvgIpc) is 2.86. The van der Waals surface area contributed by atoms with Gasteiger partial charge in [0.2, 0.25) is 0 Å². The highest BCUT2D eigenvalue weighted by Crippen LogP contribution is 2.40. The number of allylic oxidation sites excluding steroid dienone is 2. The van der Waals surface area contributed by atoms with Crippen molar-refractivity contribution in [2.24, 2.45) is 0 Å². The van der Waals surface area contributed by atoms with Gasteiger partial charge in [-0.05, 0) is 37.1 Å². The van der Waals surface area contributed by atoms with Gasteiger partial charge < -0.3 is 19.9 Å². The number of aliphatic hydroxyl groups is 1. The number of benzene rings is 2. The number of carbonyl (C=O) groups excluding carboxylic acids is 2. The van der Waals surface area contributed by atoms with Crippen LogP contribution in [0.3, 0.4) is 0 Å². The lowest BCUT2D eigenvalue weighted by Crippen LogP contribution is -2.32. The Labute approximate surface area is 202 Å². The average molecular weight is 479 g/mol. The Hall–Kier alpha value is -4.24. The molecule has 35 heavy (non-hydrogen) atoms. The molecule has 3 rings (SSSR count). The quantitative estimate of drug-likeness (QED) is 0.333. The molecule has 0 aromatic heterocycles. The Morgan fingerprint density at radius 1 is 1.14 bits per heavy atom. The molecule has 0 amide bonds. The molecule has 0 spiro atoms. The summed E-state index contributed by atoms with van der Waals surface area (Å²) in [4.78, 5) is 36.8. The van der Waals surface area contributed by atoms with E-state index in [4.69, 9.17) is 9.47 Å². The van der Waals surface area contributed by atoms with Crippen LogP contribution >= 0.6 is 0 Å². The van der Waals surface area contributed by atoms with Crippen LogP contribution in [0, 0.1) is 10.1 Å². The molecule has 0 saturated carbocycles. The van der Waals surface area contributed by atoms with Gasteiger partial charge >= 0.3 is 11.9 Å². The first-order chi connectivity index (χ1) is 16.8. The zero-order valence-electron chi connectivity index (χ0n) is 19.6. The van der Waals surface area contributed by atoms with Crippen LogP contribution in [0.1, 0.15) is 37.0 Å². The molecule has 2 atom stereocenters. The van der Waals surface area contributed by atoms with E-state index in [1.54, 1.807) is 44.2 Å². The molecule has 1 aliphatic heterocycles. The number of carbonyl (C=O) groups is 2.